The number of rotatable bonds is 2. The van der Waals surface area contributed by atoms with Crippen LogP contribution in [0.1, 0.15) is 12.5 Å². The fourth-order valence-electron chi connectivity index (χ4n) is 1.11. The quantitative estimate of drug-likeness (QED) is 0.770. The van der Waals surface area contributed by atoms with Crippen LogP contribution in [-0.2, 0) is 6.42 Å². The summed E-state index contributed by atoms with van der Waals surface area (Å²) in [6.07, 6.45) is 0.746. The van der Waals surface area contributed by atoms with Crippen molar-refractivity contribution in [1.29, 1.82) is 0 Å². The molecule has 0 heterocycles. The molecule has 12 heavy (non-hydrogen) atoms. The van der Waals surface area contributed by atoms with Crippen molar-refractivity contribution in [2.45, 2.75) is 13.3 Å². The minimum atomic E-state index is 0.106. The number of hydrogen-bond acceptors (Lipinski definition) is 2. The lowest BCUT2D eigenvalue weighted by molar-refractivity contribution is 0.407. The SMILES string of the molecule is CCc1c(OC)ccc(O)c1Cl. The fraction of sp³-hybridized carbons (Fsp3) is 0.333. The maximum Gasteiger partial charge on any atom is 0.134 e. The highest BCUT2D eigenvalue weighted by Crippen LogP contribution is 2.33. The first kappa shape index (κ1) is 9.20. The topological polar surface area (TPSA) is 29.5 Å². The maximum atomic E-state index is 9.26. The van der Waals surface area contributed by atoms with Gasteiger partial charge < -0.3 is 9.84 Å². The van der Waals surface area contributed by atoms with Crippen LogP contribution in [0.25, 0.3) is 0 Å². The molecule has 0 spiro atoms. The molecule has 0 aliphatic heterocycles. The standard InChI is InChI=1S/C9H11ClO2/c1-3-6-8(12-2)5-4-7(11)9(6)10/h4-5,11H,3H2,1-2H3. The van der Waals surface area contributed by atoms with Gasteiger partial charge in [-0.2, -0.15) is 0 Å². The minimum absolute atomic E-state index is 0.106. The molecule has 1 N–H and O–H groups in total. The van der Waals surface area contributed by atoms with E-state index in [0.717, 1.165) is 17.7 Å². The monoisotopic (exact) mass is 186 g/mol. The van der Waals surface area contributed by atoms with Crippen LogP contribution < -0.4 is 4.74 Å². The van der Waals surface area contributed by atoms with E-state index in [2.05, 4.69) is 0 Å². The van der Waals surface area contributed by atoms with E-state index in [9.17, 15) is 5.11 Å². The molecular formula is C9H11ClO2. The van der Waals surface area contributed by atoms with E-state index in [1.807, 2.05) is 6.92 Å². The van der Waals surface area contributed by atoms with Crippen molar-refractivity contribution >= 4 is 11.6 Å². The summed E-state index contributed by atoms with van der Waals surface area (Å²) < 4.78 is 5.08. The number of aromatic hydroxyl groups is 1. The van der Waals surface area contributed by atoms with Crippen LogP contribution in [0, 0.1) is 0 Å². The Labute approximate surface area is 76.7 Å². The van der Waals surface area contributed by atoms with Crippen LogP contribution in [-0.4, -0.2) is 12.2 Å². The third-order valence-electron chi connectivity index (χ3n) is 1.75. The van der Waals surface area contributed by atoms with E-state index >= 15 is 0 Å². The van der Waals surface area contributed by atoms with Crippen molar-refractivity contribution in [3.63, 3.8) is 0 Å². The first-order valence-electron chi connectivity index (χ1n) is 3.75. The Morgan fingerprint density at radius 3 is 2.67 bits per heavy atom. The Balaban J connectivity index is 3.25. The lowest BCUT2D eigenvalue weighted by atomic mass is 10.1. The van der Waals surface area contributed by atoms with Crippen LogP contribution in [0.3, 0.4) is 0 Å². The summed E-state index contributed by atoms with van der Waals surface area (Å²) in [4.78, 5) is 0. The molecule has 2 nitrogen and oxygen atoms in total. The van der Waals surface area contributed by atoms with Gasteiger partial charge in [0.25, 0.3) is 0 Å². The summed E-state index contributed by atoms with van der Waals surface area (Å²) >= 11 is 5.85. The number of ether oxygens (including phenoxy) is 1. The van der Waals surface area contributed by atoms with Crippen molar-refractivity contribution in [1.82, 2.24) is 0 Å². The Bertz CT molecular complexity index is 284. The molecule has 0 radical (unpaired) electrons. The number of benzene rings is 1. The van der Waals surface area contributed by atoms with Gasteiger partial charge in [-0.15, -0.1) is 0 Å². The molecule has 3 heteroatoms. The van der Waals surface area contributed by atoms with Gasteiger partial charge in [-0.25, -0.2) is 0 Å². The van der Waals surface area contributed by atoms with Gasteiger partial charge in [0.2, 0.25) is 0 Å². The summed E-state index contributed by atoms with van der Waals surface area (Å²) in [5.41, 5.74) is 0.846. The van der Waals surface area contributed by atoms with Gasteiger partial charge in [0, 0.05) is 5.56 Å². The predicted molar refractivity (Wildman–Crippen MR) is 49.0 cm³/mol. The molecule has 1 aromatic carbocycles. The van der Waals surface area contributed by atoms with Gasteiger partial charge in [0.15, 0.2) is 0 Å². The maximum absolute atomic E-state index is 9.26. The number of phenols is 1. The van der Waals surface area contributed by atoms with Crippen molar-refractivity contribution in [3.8, 4) is 11.5 Å². The molecule has 0 aromatic heterocycles. The third kappa shape index (κ3) is 1.48. The molecule has 0 bridgehead atoms. The van der Waals surface area contributed by atoms with Gasteiger partial charge in [-0.05, 0) is 18.6 Å². The first-order chi connectivity index (χ1) is 5.70. The molecule has 0 saturated heterocycles. The van der Waals surface area contributed by atoms with Gasteiger partial charge in [0.1, 0.15) is 11.5 Å². The van der Waals surface area contributed by atoms with Gasteiger partial charge in [0.05, 0.1) is 12.1 Å². The largest absolute Gasteiger partial charge is 0.506 e. The van der Waals surface area contributed by atoms with Crippen LogP contribution in [0.5, 0.6) is 11.5 Å². The molecular weight excluding hydrogens is 176 g/mol. The van der Waals surface area contributed by atoms with Crippen LogP contribution in [0.4, 0.5) is 0 Å². The van der Waals surface area contributed by atoms with E-state index in [0.29, 0.717) is 5.02 Å². The Morgan fingerprint density at radius 2 is 2.17 bits per heavy atom. The van der Waals surface area contributed by atoms with Crippen molar-refractivity contribution in [3.05, 3.63) is 22.7 Å². The van der Waals surface area contributed by atoms with E-state index in [1.54, 1.807) is 13.2 Å². The van der Waals surface area contributed by atoms with Gasteiger partial charge >= 0.3 is 0 Å². The lowest BCUT2D eigenvalue weighted by Gasteiger charge is -2.08. The summed E-state index contributed by atoms with van der Waals surface area (Å²) in [5, 5.41) is 9.65. The zero-order chi connectivity index (χ0) is 9.14. The van der Waals surface area contributed by atoms with E-state index < -0.39 is 0 Å². The number of halogens is 1. The van der Waals surface area contributed by atoms with Crippen LogP contribution >= 0.6 is 11.6 Å². The molecule has 0 fully saturated rings. The molecule has 0 aliphatic carbocycles. The minimum Gasteiger partial charge on any atom is -0.506 e. The smallest absolute Gasteiger partial charge is 0.134 e. The number of hydrogen-bond donors (Lipinski definition) is 1. The second-order valence-corrected chi connectivity index (χ2v) is 2.81. The molecule has 0 amide bonds. The van der Waals surface area contributed by atoms with Crippen LogP contribution in [0.2, 0.25) is 5.02 Å². The average Bonchev–Trinajstić information content (AvgIpc) is 2.09. The second kappa shape index (κ2) is 3.68. The van der Waals surface area contributed by atoms with Gasteiger partial charge in [-0.3, -0.25) is 0 Å². The highest BCUT2D eigenvalue weighted by molar-refractivity contribution is 6.33. The summed E-state index contributed by atoms with van der Waals surface area (Å²) in [7, 11) is 1.59. The highest BCUT2D eigenvalue weighted by atomic mass is 35.5. The first-order valence-corrected chi connectivity index (χ1v) is 4.12. The number of phenolic OH excluding ortho intramolecular Hbond substituents is 1. The summed E-state index contributed by atoms with van der Waals surface area (Å²) in [5.74, 6) is 0.828. The van der Waals surface area contributed by atoms with E-state index in [4.69, 9.17) is 16.3 Å². The summed E-state index contributed by atoms with van der Waals surface area (Å²) in [6, 6.07) is 3.24. The highest BCUT2D eigenvalue weighted by Gasteiger charge is 2.09. The molecule has 0 saturated carbocycles. The molecule has 1 aromatic rings. The fourth-order valence-corrected chi connectivity index (χ4v) is 1.40. The molecule has 1 rings (SSSR count). The van der Waals surface area contributed by atoms with Crippen molar-refractivity contribution in [2.75, 3.05) is 7.11 Å². The molecule has 66 valence electrons. The van der Waals surface area contributed by atoms with Crippen molar-refractivity contribution < 1.29 is 9.84 Å². The predicted octanol–water partition coefficient (Wildman–Crippen LogP) is 2.62. The van der Waals surface area contributed by atoms with E-state index in [-0.39, 0.29) is 5.75 Å². The summed E-state index contributed by atoms with van der Waals surface area (Å²) in [6.45, 7) is 1.96. The Kier molecular flexibility index (Phi) is 2.82. The molecule has 0 atom stereocenters. The number of methoxy groups -OCH3 is 1. The Morgan fingerprint density at radius 1 is 1.50 bits per heavy atom. The van der Waals surface area contributed by atoms with E-state index in [1.165, 1.54) is 6.07 Å². The normalized spacial score (nSPS) is 9.92. The van der Waals surface area contributed by atoms with Crippen LogP contribution in [0.15, 0.2) is 12.1 Å². The average molecular weight is 187 g/mol. The van der Waals surface area contributed by atoms with Gasteiger partial charge in [-0.1, -0.05) is 18.5 Å². The zero-order valence-corrected chi connectivity index (χ0v) is 7.85. The zero-order valence-electron chi connectivity index (χ0n) is 7.10. The Hall–Kier alpha value is -0.890. The van der Waals surface area contributed by atoms with Crippen molar-refractivity contribution in [2.24, 2.45) is 0 Å². The third-order valence-corrected chi connectivity index (χ3v) is 2.18. The lowest BCUT2D eigenvalue weighted by Crippen LogP contribution is -1.91. The molecule has 0 unspecified atom stereocenters. The second-order valence-electron chi connectivity index (χ2n) is 2.43. The molecule has 0 aliphatic rings.